The van der Waals surface area contributed by atoms with Gasteiger partial charge in [-0.3, -0.25) is 4.79 Å². The molecule has 1 amide bonds. The summed E-state index contributed by atoms with van der Waals surface area (Å²) in [7, 11) is 0. The minimum Gasteiger partial charge on any atom is -0.367 e. The first-order valence-electron chi connectivity index (χ1n) is 12.5. The van der Waals surface area contributed by atoms with E-state index in [0.29, 0.717) is 36.7 Å². The molecule has 2 N–H and O–H groups in total. The molecule has 0 saturated heterocycles. The summed E-state index contributed by atoms with van der Waals surface area (Å²) in [4.78, 5) is 19.0. The van der Waals surface area contributed by atoms with Crippen LogP contribution in [0.5, 0.6) is 0 Å². The van der Waals surface area contributed by atoms with Crippen LogP contribution in [0.2, 0.25) is 5.02 Å². The molecular weight excluding hydrogens is 525 g/mol. The lowest BCUT2D eigenvalue weighted by Crippen LogP contribution is -2.34. The number of nitrogens with zero attached hydrogens (tertiary/aromatic N) is 2. The van der Waals surface area contributed by atoms with Gasteiger partial charge in [-0.2, -0.15) is 13.2 Å². The number of hydrogen-bond acceptors (Lipinski definition) is 4. The molecule has 3 aromatic carbocycles. The van der Waals surface area contributed by atoms with Crippen LogP contribution in [0.15, 0.2) is 79.0 Å². The molecule has 0 radical (unpaired) electrons. The molecule has 200 valence electrons. The maximum absolute atomic E-state index is 13.6. The van der Waals surface area contributed by atoms with Gasteiger partial charge in [0.15, 0.2) is 0 Å². The lowest BCUT2D eigenvalue weighted by Gasteiger charge is -2.32. The van der Waals surface area contributed by atoms with Crippen molar-refractivity contribution in [1.29, 1.82) is 0 Å². The second kappa shape index (κ2) is 11.0. The van der Waals surface area contributed by atoms with Crippen molar-refractivity contribution in [2.45, 2.75) is 26.2 Å². The molecule has 2 heterocycles. The molecule has 0 unspecified atom stereocenters. The Morgan fingerprint density at radius 2 is 1.77 bits per heavy atom. The number of pyridine rings is 1. The molecule has 1 aromatic heterocycles. The number of carbonyl (C=O) groups excluding carboxylic acids is 1. The van der Waals surface area contributed by atoms with E-state index in [2.05, 4.69) is 15.6 Å². The van der Waals surface area contributed by atoms with Crippen molar-refractivity contribution in [1.82, 2.24) is 10.3 Å². The number of hydrogen-bond donors (Lipinski definition) is 2. The Balaban J connectivity index is 1.34. The Hall–Kier alpha value is -4.04. The number of nitrogens with one attached hydrogen (secondary N) is 2. The molecule has 0 saturated carbocycles. The first-order chi connectivity index (χ1) is 18.7. The second-order valence-corrected chi connectivity index (χ2v) is 9.92. The number of amides is 1. The van der Waals surface area contributed by atoms with Crippen molar-refractivity contribution in [3.05, 3.63) is 112 Å². The van der Waals surface area contributed by atoms with E-state index in [1.807, 2.05) is 54.3 Å². The summed E-state index contributed by atoms with van der Waals surface area (Å²) in [5, 5.41) is 6.39. The number of anilines is 2. The zero-order chi connectivity index (χ0) is 27.6. The quantitative estimate of drug-likeness (QED) is 0.269. The number of aromatic nitrogens is 1. The zero-order valence-corrected chi connectivity index (χ0v) is 21.9. The van der Waals surface area contributed by atoms with Gasteiger partial charge in [-0.05, 0) is 60.0 Å². The van der Waals surface area contributed by atoms with Gasteiger partial charge >= 0.3 is 6.18 Å². The summed E-state index contributed by atoms with van der Waals surface area (Å²) in [5.41, 5.74) is 4.44. The Morgan fingerprint density at radius 1 is 1.03 bits per heavy atom. The predicted molar refractivity (Wildman–Crippen MR) is 148 cm³/mol. The van der Waals surface area contributed by atoms with Gasteiger partial charge in [-0.1, -0.05) is 53.6 Å². The molecule has 5 nitrogen and oxygen atoms in total. The number of fused-ring (bicyclic) bond motifs is 1. The molecule has 0 spiro atoms. The number of halogens is 4. The van der Waals surface area contributed by atoms with Crippen LogP contribution < -0.4 is 15.5 Å². The van der Waals surface area contributed by atoms with Gasteiger partial charge in [0, 0.05) is 48.5 Å². The molecule has 1 aliphatic rings. The van der Waals surface area contributed by atoms with Gasteiger partial charge < -0.3 is 15.5 Å². The van der Waals surface area contributed by atoms with E-state index in [4.69, 9.17) is 11.6 Å². The fraction of sp³-hybridized carbons (Fsp3) is 0.200. The van der Waals surface area contributed by atoms with Crippen molar-refractivity contribution >= 4 is 29.0 Å². The Bertz CT molecular complexity index is 1490. The van der Waals surface area contributed by atoms with Crippen molar-refractivity contribution < 1.29 is 18.0 Å². The molecule has 5 rings (SSSR count). The van der Waals surface area contributed by atoms with Crippen LogP contribution in [0.4, 0.5) is 24.7 Å². The average molecular weight is 551 g/mol. The van der Waals surface area contributed by atoms with Gasteiger partial charge in [0.25, 0.3) is 5.91 Å². The Morgan fingerprint density at radius 3 is 2.49 bits per heavy atom. The van der Waals surface area contributed by atoms with E-state index in [0.717, 1.165) is 28.3 Å². The topological polar surface area (TPSA) is 57.3 Å². The largest absolute Gasteiger partial charge is 0.416 e. The highest BCUT2D eigenvalue weighted by molar-refractivity contribution is 6.30. The SMILES string of the molecule is Cc1ccc(CNC(=O)c2ccc(-c3cnc4c(c3)N(Cc3cc(Cl)ccc3C(F)(F)F)CCN4)cc2)cc1. The van der Waals surface area contributed by atoms with Crippen molar-refractivity contribution in [3.63, 3.8) is 0 Å². The first-order valence-corrected chi connectivity index (χ1v) is 12.8. The van der Waals surface area contributed by atoms with Gasteiger partial charge in [-0.15, -0.1) is 0 Å². The van der Waals surface area contributed by atoms with Crippen molar-refractivity contribution in [2.24, 2.45) is 0 Å². The molecule has 1 aliphatic heterocycles. The smallest absolute Gasteiger partial charge is 0.367 e. The fourth-order valence-electron chi connectivity index (χ4n) is 4.56. The summed E-state index contributed by atoms with van der Waals surface area (Å²) in [6, 6.07) is 20.7. The Kier molecular flexibility index (Phi) is 7.48. The molecular formula is C30H26ClF3N4O. The van der Waals surface area contributed by atoms with Crippen LogP contribution in [-0.2, 0) is 19.3 Å². The van der Waals surface area contributed by atoms with E-state index >= 15 is 0 Å². The highest BCUT2D eigenvalue weighted by atomic mass is 35.5. The zero-order valence-electron chi connectivity index (χ0n) is 21.1. The van der Waals surface area contributed by atoms with Crippen LogP contribution >= 0.6 is 11.6 Å². The molecule has 0 fully saturated rings. The van der Waals surface area contributed by atoms with Crippen LogP contribution in [0.3, 0.4) is 0 Å². The molecule has 9 heteroatoms. The summed E-state index contributed by atoms with van der Waals surface area (Å²) in [6.07, 6.45) is -2.77. The number of rotatable bonds is 6. The van der Waals surface area contributed by atoms with E-state index in [1.54, 1.807) is 18.3 Å². The average Bonchev–Trinajstić information content (AvgIpc) is 2.92. The summed E-state index contributed by atoms with van der Waals surface area (Å²) in [5.74, 6) is 0.427. The van der Waals surface area contributed by atoms with E-state index < -0.39 is 11.7 Å². The van der Waals surface area contributed by atoms with Gasteiger partial charge in [0.05, 0.1) is 11.3 Å². The summed E-state index contributed by atoms with van der Waals surface area (Å²) < 4.78 is 40.9. The van der Waals surface area contributed by atoms with Gasteiger partial charge in [0.1, 0.15) is 5.82 Å². The lowest BCUT2D eigenvalue weighted by molar-refractivity contribution is -0.138. The highest BCUT2D eigenvalue weighted by Crippen LogP contribution is 2.37. The highest BCUT2D eigenvalue weighted by Gasteiger charge is 2.34. The van der Waals surface area contributed by atoms with Gasteiger partial charge in [0.2, 0.25) is 0 Å². The molecule has 0 atom stereocenters. The number of alkyl halides is 3. The fourth-order valence-corrected chi connectivity index (χ4v) is 4.76. The molecule has 0 bridgehead atoms. The van der Waals surface area contributed by atoms with Crippen molar-refractivity contribution in [3.8, 4) is 11.1 Å². The van der Waals surface area contributed by atoms with Crippen LogP contribution in [0.1, 0.15) is 32.6 Å². The van der Waals surface area contributed by atoms with Crippen LogP contribution in [0.25, 0.3) is 11.1 Å². The number of aryl methyl sites for hydroxylation is 1. The van der Waals surface area contributed by atoms with E-state index in [1.165, 1.54) is 12.1 Å². The van der Waals surface area contributed by atoms with E-state index in [-0.39, 0.29) is 23.0 Å². The second-order valence-electron chi connectivity index (χ2n) is 9.48. The van der Waals surface area contributed by atoms with Crippen molar-refractivity contribution in [2.75, 3.05) is 23.3 Å². The number of carbonyl (C=O) groups is 1. The van der Waals surface area contributed by atoms with Crippen LogP contribution in [-0.4, -0.2) is 24.0 Å². The monoisotopic (exact) mass is 550 g/mol. The van der Waals surface area contributed by atoms with E-state index in [9.17, 15) is 18.0 Å². The predicted octanol–water partition coefficient (Wildman–Crippen LogP) is 7.09. The third-order valence-corrected chi connectivity index (χ3v) is 6.91. The first kappa shape index (κ1) is 26.6. The summed E-state index contributed by atoms with van der Waals surface area (Å²) in [6.45, 7) is 3.53. The number of benzene rings is 3. The van der Waals surface area contributed by atoms with Crippen LogP contribution in [0, 0.1) is 6.92 Å². The molecule has 39 heavy (non-hydrogen) atoms. The third-order valence-electron chi connectivity index (χ3n) is 6.67. The maximum Gasteiger partial charge on any atom is 0.416 e. The minimum absolute atomic E-state index is 0.0370. The third kappa shape index (κ3) is 6.17. The Labute approximate surface area is 229 Å². The van der Waals surface area contributed by atoms with Gasteiger partial charge in [-0.25, -0.2) is 4.98 Å². The normalized spacial score (nSPS) is 13.0. The standard InChI is InChI=1S/C30H26ClF3N4O/c1-19-2-4-20(5-3-19)16-37-29(39)22-8-6-21(7-9-22)23-15-27-28(36-17-23)35-12-13-38(27)18-24-14-25(31)10-11-26(24)30(32,33)34/h2-11,14-15,17H,12-13,16,18H2,1H3,(H,35,36)(H,37,39). The molecule has 0 aliphatic carbocycles. The minimum atomic E-state index is -4.48. The lowest BCUT2D eigenvalue weighted by atomic mass is 10.0. The summed E-state index contributed by atoms with van der Waals surface area (Å²) >= 11 is 6.04. The molecule has 4 aromatic rings. The maximum atomic E-state index is 13.6.